The zero-order valence-corrected chi connectivity index (χ0v) is 14.3. The molecule has 0 radical (unpaired) electrons. The molecule has 0 spiro atoms. The van der Waals surface area contributed by atoms with Crippen LogP contribution in [-0.4, -0.2) is 34.1 Å². The summed E-state index contributed by atoms with van der Waals surface area (Å²) in [5.41, 5.74) is 0. The summed E-state index contributed by atoms with van der Waals surface area (Å²) in [5.74, 6) is 2.52. The Morgan fingerprint density at radius 3 is 2.84 bits per heavy atom. The largest absolute Gasteiger partial charge is 0.371 e. The first-order valence-electron chi connectivity index (χ1n) is 6.85. The Morgan fingerprint density at radius 1 is 1.37 bits per heavy atom. The molecule has 2 aliphatic rings. The number of hydrogen-bond acceptors (Lipinski definition) is 2. The van der Waals surface area contributed by atoms with Crippen molar-refractivity contribution in [3.05, 3.63) is 12.2 Å². The van der Waals surface area contributed by atoms with Crippen molar-refractivity contribution >= 4 is 31.9 Å². The van der Waals surface area contributed by atoms with E-state index in [2.05, 4.69) is 44.7 Å². The molecule has 0 aromatic rings. The molecule has 2 saturated heterocycles. The molecule has 0 amide bonds. The fraction of sp³-hybridized carbons (Fsp3) is 0.733. The number of hydrogen-bond donors (Lipinski definition) is 0. The van der Waals surface area contributed by atoms with Gasteiger partial charge in [0.15, 0.2) is 0 Å². The number of rotatable bonds is 4. The van der Waals surface area contributed by atoms with Gasteiger partial charge >= 0.3 is 0 Å². The molecule has 2 rings (SSSR count). The lowest BCUT2D eigenvalue weighted by Crippen LogP contribution is -2.36. The maximum atomic E-state index is 6.28. The zero-order valence-electron chi connectivity index (χ0n) is 11.1. The minimum atomic E-state index is 0.105. The molecule has 0 aromatic heterocycles. The second kappa shape index (κ2) is 7.26. The average Bonchev–Trinajstić information content (AvgIpc) is 2.66. The predicted molar refractivity (Wildman–Crippen MR) is 84.9 cm³/mol. The second-order valence-electron chi connectivity index (χ2n) is 5.14. The molecule has 2 nitrogen and oxygen atoms in total. The van der Waals surface area contributed by atoms with Gasteiger partial charge in [0.1, 0.15) is 0 Å². The van der Waals surface area contributed by atoms with E-state index in [1.807, 2.05) is 6.08 Å². The van der Waals surface area contributed by atoms with Crippen LogP contribution in [0.3, 0.4) is 0 Å². The van der Waals surface area contributed by atoms with E-state index in [-0.39, 0.29) is 24.4 Å². The van der Waals surface area contributed by atoms with Crippen LogP contribution in [0.5, 0.6) is 0 Å². The normalized spacial score (nSPS) is 40.0. The van der Waals surface area contributed by atoms with Crippen LogP contribution < -0.4 is 0 Å². The fourth-order valence-corrected chi connectivity index (χ4v) is 3.80. The second-order valence-corrected chi connectivity index (χ2v) is 7.49. The fourth-order valence-electron chi connectivity index (χ4n) is 2.75. The minimum Gasteiger partial charge on any atom is -0.371 e. The van der Waals surface area contributed by atoms with Crippen molar-refractivity contribution in [3.63, 3.8) is 0 Å². The molecular formula is C15H20Br2O2. The van der Waals surface area contributed by atoms with Crippen LogP contribution in [0.1, 0.15) is 32.6 Å². The number of halogens is 2. The molecule has 4 heteroatoms. The Hall–Kier alpha value is 0.180. The van der Waals surface area contributed by atoms with Gasteiger partial charge in [0.25, 0.3) is 0 Å². The molecule has 2 bridgehead atoms. The third kappa shape index (κ3) is 3.85. The molecule has 2 aliphatic heterocycles. The van der Waals surface area contributed by atoms with E-state index in [0.717, 1.165) is 25.7 Å². The molecule has 0 saturated carbocycles. The summed E-state index contributed by atoms with van der Waals surface area (Å²) in [5, 5.41) is 0. The van der Waals surface area contributed by atoms with Crippen molar-refractivity contribution in [2.45, 2.75) is 66.7 Å². The van der Waals surface area contributed by atoms with Crippen molar-refractivity contribution in [1.82, 2.24) is 0 Å². The molecule has 19 heavy (non-hydrogen) atoms. The number of allylic oxidation sites excluding steroid dienone is 1. The molecule has 0 aromatic carbocycles. The molecule has 2 fully saturated rings. The highest BCUT2D eigenvalue weighted by Crippen LogP contribution is 2.38. The van der Waals surface area contributed by atoms with Gasteiger partial charge in [-0.2, -0.15) is 0 Å². The van der Waals surface area contributed by atoms with Crippen LogP contribution in [0.25, 0.3) is 0 Å². The monoisotopic (exact) mass is 390 g/mol. The van der Waals surface area contributed by atoms with Crippen LogP contribution in [0.4, 0.5) is 0 Å². The molecule has 106 valence electrons. The van der Waals surface area contributed by atoms with E-state index in [1.54, 1.807) is 6.08 Å². The summed E-state index contributed by atoms with van der Waals surface area (Å²) < 4.78 is 12.4. The van der Waals surface area contributed by atoms with Gasteiger partial charge in [-0.15, -0.1) is 6.42 Å². The van der Waals surface area contributed by atoms with E-state index < -0.39 is 0 Å². The maximum absolute atomic E-state index is 6.28. The number of ether oxygens (including phenoxy) is 2. The molecule has 2 heterocycles. The highest BCUT2D eigenvalue weighted by molar-refractivity contribution is 9.09. The minimum absolute atomic E-state index is 0.105. The summed E-state index contributed by atoms with van der Waals surface area (Å²) in [6.07, 6.45) is 13.6. The van der Waals surface area contributed by atoms with Gasteiger partial charge in [0.2, 0.25) is 0 Å². The van der Waals surface area contributed by atoms with Gasteiger partial charge in [0, 0.05) is 16.1 Å². The van der Waals surface area contributed by atoms with Crippen LogP contribution in [0.15, 0.2) is 12.2 Å². The van der Waals surface area contributed by atoms with Crippen molar-refractivity contribution in [2.75, 3.05) is 0 Å². The van der Waals surface area contributed by atoms with Gasteiger partial charge in [0.05, 0.1) is 24.4 Å². The zero-order chi connectivity index (χ0) is 13.8. The maximum Gasteiger partial charge on any atom is 0.0876 e. The summed E-state index contributed by atoms with van der Waals surface area (Å²) in [4.78, 5) is 0.828. The first kappa shape index (κ1) is 15.6. The lowest BCUT2D eigenvalue weighted by Gasteiger charge is -2.29. The molecular weight excluding hydrogens is 372 g/mol. The van der Waals surface area contributed by atoms with Crippen molar-refractivity contribution < 1.29 is 9.47 Å². The first-order chi connectivity index (χ1) is 9.15. The Morgan fingerprint density at radius 2 is 2.16 bits per heavy atom. The molecule has 0 aliphatic carbocycles. The van der Waals surface area contributed by atoms with Gasteiger partial charge in [-0.1, -0.05) is 50.8 Å². The number of fused-ring (bicyclic) bond motifs is 2. The molecule has 6 unspecified atom stereocenters. The summed E-state index contributed by atoms with van der Waals surface area (Å²) in [6, 6.07) is 0. The van der Waals surface area contributed by atoms with Gasteiger partial charge in [-0.25, -0.2) is 0 Å². The Kier molecular flexibility index (Phi) is 5.95. The summed E-state index contributed by atoms with van der Waals surface area (Å²) in [7, 11) is 0. The topological polar surface area (TPSA) is 18.5 Å². The number of alkyl halides is 2. The van der Waals surface area contributed by atoms with Crippen LogP contribution >= 0.6 is 31.9 Å². The van der Waals surface area contributed by atoms with Crippen molar-refractivity contribution in [3.8, 4) is 12.3 Å². The summed E-state index contributed by atoms with van der Waals surface area (Å²) in [6.45, 7) is 2.17. The highest BCUT2D eigenvalue weighted by atomic mass is 79.9. The van der Waals surface area contributed by atoms with Crippen LogP contribution in [0.2, 0.25) is 0 Å². The summed E-state index contributed by atoms with van der Waals surface area (Å²) >= 11 is 7.47. The van der Waals surface area contributed by atoms with Gasteiger partial charge in [-0.3, -0.25) is 0 Å². The molecule has 6 atom stereocenters. The lowest BCUT2D eigenvalue weighted by molar-refractivity contribution is -0.0523. The van der Waals surface area contributed by atoms with Crippen molar-refractivity contribution in [1.29, 1.82) is 0 Å². The SMILES string of the molecule is C#CC=CCC1OC(C(Br)CC)CC2OC1CC2Br. The van der Waals surface area contributed by atoms with Gasteiger partial charge < -0.3 is 9.47 Å². The average molecular weight is 392 g/mol. The third-order valence-electron chi connectivity index (χ3n) is 3.82. The van der Waals surface area contributed by atoms with Crippen molar-refractivity contribution in [2.24, 2.45) is 0 Å². The highest BCUT2D eigenvalue weighted by Gasteiger charge is 2.44. The molecule has 0 N–H and O–H groups in total. The van der Waals surface area contributed by atoms with E-state index >= 15 is 0 Å². The standard InChI is InChI=1S/C15H20Br2O2/c1-3-5-6-7-12-15-8-11(17)14(19-15)9-13(18-12)10(16)4-2/h1,5-6,10-15H,4,7-9H2,2H3. The lowest BCUT2D eigenvalue weighted by atomic mass is 9.99. The Labute approximate surface area is 132 Å². The Balaban J connectivity index is 2.07. The van der Waals surface area contributed by atoms with E-state index in [0.29, 0.717) is 9.65 Å². The van der Waals surface area contributed by atoms with Crippen LogP contribution in [0, 0.1) is 12.3 Å². The van der Waals surface area contributed by atoms with Crippen LogP contribution in [-0.2, 0) is 9.47 Å². The number of terminal acetylenes is 1. The Bertz CT molecular complexity index is 364. The van der Waals surface area contributed by atoms with E-state index in [1.165, 1.54) is 0 Å². The third-order valence-corrected chi connectivity index (χ3v) is 6.02. The van der Waals surface area contributed by atoms with E-state index in [4.69, 9.17) is 15.9 Å². The smallest absolute Gasteiger partial charge is 0.0876 e. The quantitative estimate of drug-likeness (QED) is 0.535. The van der Waals surface area contributed by atoms with E-state index in [9.17, 15) is 0 Å². The van der Waals surface area contributed by atoms with Gasteiger partial charge in [-0.05, 0) is 25.3 Å². The predicted octanol–water partition coefficient (Wildman–Crippen LogP) is 3.82. The first-order valence-corrected chi connectivity index (χ1v) is 8.69.